The Morgan fingerprint density at radius 1 is 1.43 bits per heavy atom. The highest BCUT2D eigenvalue weighted by Crippen LogP contribution is 2.27. The molecule has 1 aromatic heterocycles. The van der Waals surface area contributed by atoms with Crippen molar-refractivity contribution in [2.24, 2.45) is 0 Å². The van der Waals surface area contributed by atoms with Gasteiger partial charge in [-0.2, -0.15) is 5.10 Å². The van der Waals surface area contributed by atoms with Crippen LogP contribution in [0.3, 0.4) is 0 Å². The number of ether oxygens (including phenoxy) is 1. The molecular weight excluding hydrogens is 266 g/mol. The predicted octanol–water partition coefficient (Wildman–Crippen LogP) is 2.67. The zero-order chi connectivity index (χ0) is 15.0. The highest BCUT2D eigenvalue weighted by Gasteiger charge is 2.23. The van der Waals surface area contributed by atoms with Crippen molar-refractivity contribution in [1.82, 2.24) is 9.78 Å². The van der Waals surface area contributed by atoms with Crippen LogP contribution in [0.2, 0.25) is 0 Å². The summed E-state index contributed by atoms with van der Waals surface area (Å²) in [7, 11) is 1.56. The normalized spacial score (nSPS) is 13.1. The van der Waals surface area contributed by atoms with Crippen LogP contribution in [0.5, 0.6) is 5.75 Å². The second-order valence-electron chi connectivity index (χ2n) is 5.48. The molecule has 0 amide bonds. The lowest BCUT2D eigenvalue weighted by atomic mass is 10.0. The number of nitrogens with zero attached hydrogens (tertiary/aromatic N) is 2. The van der Waals surface area contributed by atoms with Crippen molar-refractivity contribution in [2.75, 3.05) is 19.0 Å². The van der Waals surface area contributed by atoms with Gasteiger partial charge in [0.05, 0.1) is 13.3 Å². The van der Waals surface area contributed by atoms with Gasteiger partial charge in [0.1, 0.15) is 0 Å². The Kier molecular flexibility index (Phi) is 3.41. The molecule has 21 heavy (non-hydrogen) atoms. The first-order chi connectivity index (χ1) is 10.1. The van der Waals surface area contributed by atoms with Crippen molar-refractivity contribution in [2.45, 2.75) is 26.3 Å². The van der Waals surface area contributed by atoms with E-state index in [1.165, 1.54) is 5.56 Å². The average Bonchev–Trinajstić information content (AvgIpc) is 3.11. The number of hydrogen-bond acceptors (Lipinski definition) is 4. The molecule has 1 aromatic carbocycles. The molecule has 2 heterocycles. The number of benzene rings is 1. The Morgan fingerprint density at radius 3 is 2.95 bits per heavy atom. The van der Waals surface area contributed by atoms with Crippen LogP contribution in [-0.4, -0.2) is 29.2 Å². The van der Waals surface area contributed by atoms with Gasteiger partial charge in [-0.3, -0.25) is 9.48 Å². The number of nitrogens with one attached hydrogen (secondary N) is 1. The van der Waals surface area contributed by atoms with E-state index >= 15 is 0 Å². The average molecular weight is 285 g/mol. The maximum absolute atomic E-state index is 12.9. The van der Waals surface area contributed by atoms with Crippen LogP contribution in [0.25, 0.3) is 0 Å². The van der Waals surface area contributed by atoms with Crippen LogP contribution in [0.1, 0.15) is 41.5 Å². The van der Waals surface area contributed by atoms with E-state index in [1.54, 1.807) is 18.0 Å². The number of methoxy groups -OCH3 is 1. The first-order valence-corrected chi connectivity index (χ1v) is 7.15. The van der Waals surface area contributed by atoms with E-state index in [9.17, 15) is 4.79 Å². The van der Waals surface area contributed by atoms with Gasteiger partial charge < -0.3 is 10.1 Å². The number of carbonyl (C=O) groups is 1. The van der Waals surface area contributed by atoms with Crippen LogP contribution < -0.4 is 10.1 Å². The van der Waals surface area contributed by atoms with Gasteiger partial charge in [0.25, 0.3) is 0 Å². The Labute approximate surface area is 123 Å². The number of ketones is 1. The van der Waals surface area contributed by atoms with Crippen LogP contribution in [-0.2, 0) is 6.42 Å². The lowest BCUT2D eigenvalue weighted by Crippen LogP contribution is -2.14. The topological polar surface area (TPSA) is 56.2 Å². The summed E-state index contributed by atoms with van der Waals surface area (Å²) < 4.78 is 7.01. The third kappa shape index (κ3) is 2.28. The second-order valence-corrected chi connectivity index (χ2v) is 5.48. The number of rotatable bonds is 4. The molecule has 0 aliphatic carbocycles. The smallest absolute Gasteiger partial charge is 0.214 e. The molecule has 5 heteroatoms. The monoisotopic (exact) mass is 285 g/mol. The van der Waals surface area contributed by atoms with Gasteiger partial charge in [-0.05, 0) is 44.0 Å². The molecule has 0 radical (unpaired) electrons. The summed E-state index contributed by atoms with van der Waals surface area (Å²) in [4.78, 5) is 12.9. The summed E-state index contributed by atoms with van der Waals surface area (Å²) >= 11 is 0. The second kappa shape index (κ2) is 5.24. The van der Waals surface area contributed by atoms with E-state index in [4.69, 9.17) is 4.74 Å². The molecule has 5 nitrogen and oxygen atoms in total. The number of anilines is 1. The van der Waals surface area contributed by atoms with Crippen LogP contribution in [0.15, 0.2) is 24.4 Å². The minimum atomic E-state index is -0.0484. The van der Waals surface area contributed by atoms with Crippen LogP contribution >= 0.6 is 0 Å². The lowest BCUT2D eigenvalue weighted by molar-refractivity contribution is 0.102. The van der Waals surface area contributed by atoms with E-state index in [0.717, 1.165) is 18.7 Å². The Morgan fingerprint density at radius 2 is 2.24 bits per heavy atom. The number of fused-ring (bicyclic) bond motifs is 1. The van der Waals surface area contributed by atoms with E-state index in [1.807, 2.05) is 32.0 Å². The summed E-state index contributed by atoms with van der Waals surface area (Å²) in [5, 5.41) is 7.56. The Balaban J connectivity index is 2.04. The SMILES string of the molecule is COc1cnn(C(C)C)c1C(=O)c1ccc2c(c1)CCN2. The minimum absolute atomic E-state index is 0.0484. The van der Waals surface area contributed by atoms with Crippen molar-refractivity contribution in [1.29, 1.82) is 0 Å². The number of hydrogen-bond donors (Lipinski definition) is 1. The third-order valence-electron chi connectivity index (χ3n) is 3.76. The summed E-state index contributed by atoms with van der Waals surface area (Å²) in [5.41, 5.74) is 3.50. The van der Waals surface area contributed by atoms with Crippen molar-refractivity contribution in [3.8, 4) is 5.75 Å². The zero-order valence-corrected chi connectivity index (χ0v) is 12.5. The van der Waals surface area contributed by atoms with Gasteiger partial charge in [-0.15, -0.1) is 0 Å². The Bertz CT molecular complexity index is 689. The highest BCUT2D eigenvalue weighted by atomic mass is 16.5. The first kappa shape index (κ1) is 13.7. The predicted molar refractivity (Wildman–Crippen MR) is 81.2 cm³/mol. The molecule has 0 fully saturated rings. The van der Waals surface area contributed by atoms with Crippen LogP contribution in [0.4, 0.5) is 5.69 Å². The minimum Gasteiger partial charge on any atom is -0.493 e. The van der Waals surface area contributed by atoms with Crippen molar-refractivity contribution >= 4 is 11.5 Å². The number of carbonyl (C=O) groups excluding carboxylic acids is 1. The maximum atomic E-state index is 12.9. The van der Waals surface area contributed by atoms with Crippen molar-refractivity contribution in [3.05, 3.63) is 41.2 Å². The summed E-state index contributed by atoms with van der Waals surface area (Å²) in [6.07, 6.45) is 2.55. The van der Waals surface area contributed by atoms with E-state index in [-0.39, 0.29) is 11.8 Å². The van der Waals surface area contributed by atoms with Gasteiger partial charge in [0.15, 0.2) is 11.4 Å². The molecule has 0 spiro atoms. The largest absolute Gasteiger partial charge is 0.493 e. The maximum Gasteiger partial charge on any atom is 0.214 e. The molecule has 3 rings (SSSR count). The van der Waals surface area contributed by atoms with Crippen molar-refractivity contribution in [3.63, 3.8) is 0 Å². The summed E-state index contributed by atoms with van der Waals surface area (Å²) in [6, 6.07) is 5.90. The van der Waals surface area contributed by atoms with Gasteiger partial charge in [0, 0.05) is 23.8 Å². The van der Waals surface area contributed by atoms with E-state index in [2.05, 4.69) is 10.4 Å². The molecule has 1 aliphatic rings. The fourth-order valence-corrected chi connectivity index (χ4v) is 2.69. The zero-order valence-electron chi connectivity index (χ0n) is 12.5. The lowest BCUT2D eigenvalue weighted by Gasteiger charge is -2.12. The molecule has 0 atom stereocenters. The van der Waals surface area contributed by atoms with E-state index < -0.39 is 0 Å². The van der Waals surface area contributed by atoms with E-state index in [0.29, 0.717) is 17.0 Å². The molecule has 2 aromatic rings. The standard InChI is InChI=1S/C16H19N3O2/c1-10(2)19-15(14(21-3)9-18-19)16(20)12-4-5-13-11(8-12)6-7-17-13/h4-5,8-10,17H,6-7H2,1-3H3. The first-order valence-electron chi connectivity index (χ1n) is 7.15. The molecule has 0 saturated heterocycles. The fourth-order valence-electron chi connectivity index (χ4n) is 2.69. The van der Waals surface area contributed by atoms with Crippen LogP contribution in [0, 0.1) is 0 Å². The number of aromatic nitrogens is 2. The highest BCUT2D eigenvalue weighted by molar-refractivity contribution is 6.10. The third-order valence-corrected chi connectivity index (χ3v) is 3.76. The van der Waals surface area contributed by atoms with Gasteiger partial charge in [-0.1, -0.05) is 0 Å². The molecule has 0 bridgehead atoms. The molecule has 0 unspecified atom stereocenters. The van der Waals surface area contributed by atoms with Gasteiger partial charge in [-0.25, -0.2) is 0 Å². The molecular formula is C16H19N3O2. The van der Waals surface area contributed by atoms with Gasteiger partial charge >= 0.3 is 0 Å². The molecule has 0 saturated carbocycles. The molecule has 110 valence electrons. The van der Waals surface area contributed by atoms with Gasteiger partial charge in [0.2, 0.25) is 5.78 Å². The quantitative estimate of drug-likeness (QED) is 0.877. The fraction of sp³-hybridized carbons (Fsp3) is 0.375. The molecule has 1 aliphatic heterocycles. The van der Waals surface area contributed by atoms with Crippen molar-refractivity contribution < 1.29 is 9.53 Å². The summed E-state index contributed by atoms with van der Waals surface area (Å²) in [6.45, 7) is 4.92. The molecule has 1 N–H and O–H groups in total. The Hall–Kier alpha value is -2.30. The summed E-state index contributed by atoms with van der Waals surface area (Å²) in [5.74, 6) is 0.472.